The lowest BCUT2D eigenvalue weighted by atomic mass is 10.3. The Bertz CT molecular complexity index is 568. The van der Waals surface area contributed by atoms with E-state index in [2.05, 4.69) is 26.0 Å². The average Bonchev–Trinajstić information content (AvgIpc) is 2.73. The fraction of sp³-hybridized carbons (Fsp3) is 0.100. The van der Waals surface area contributed by atoms with Crippen LogP contribution >= 0.6 is 15.9 Å². The van der Waals surface area contributed by atoms with Crippen molar-refractivity contribution in [1.82, 2.24) is 14.8 Å². The summed E-state index contributed by atoms with van der Waals surface area (Å²) in [5.74, 6) is -0.535. The third-order valence-corrected chi connectivity index (χ3v) is 2.54. The molecule has 0 fully saturated rings. The Hall–Kier alpha value is -1.89. The smallest absolute Gasteiger partial charge is 0.342 e. The summed E-state index contributed by atoms with van der Waals surface area (Å²) in [5, 5.41) is 12.9. The number of pyridine rings is 1. The summed E-state index contributed by atoms with van der Waals surface area (Å²) in [7, 11) is 1.37. The number of nitrogens with zero attached hydrogens (tertiary/aromatic N) is 3. The van der Waals surface area contributed by atoms with E-state index in [4.69, 9.17) is 9.84 Å². The van der Waals surface area contributed by atoms with Gasteiger partial charge in [0.15, 0.2) is 5.82 Å². The molecule has 0 saturated heterocycles. The number of halogens is 1. The van der Waals surface area contributed by atoms with Crippen LogP contribution in [0.25, 0.3) is 5.82 Å². The molecule has 1 N–H and O–H groups in total. The molecule has 2 heterocycles. The van der Waals surface area contributed by atoms with Crippen LogP contribution in [0.2, 0.25) is 0 Å². The molecule has 0 aromatic carbocycles. The molecule has 0 aliphatic carbocycles. The number of aromatic carboxylic acids is 1. The van der Waals surface area contributed by atoms with E-state index < -0.39 is 5.97 Å². The van der Waals surface area contributed by atoms with Crippen molar-refractivity contribution in [2.45, 2.75) is 0 Å². The van der Waals surface area contributed by atoms with Gasteiger partial charge in [-0.1, -0.05) is 15.9 Å². The van der Waals surface area contributed by atoms with Gasteiger partial charge in [-0.3, -0.25) is 0 Å². The first-order valence-corrected chi connectivity index (χ1v) is 5.40. The van der Waals surface area contributed by atoms with Gasteiger partial charge in [0.05, 0.1) is 13.3 Å². The van der Waals surface area contributed by atoms with Gasteiger partial charge in [0.1, 0.15) is 5.56 Å². The molecule has 2 rings (SSSR count). The van der Waals surface area contributed by atoms with E-state index in [1.165, 1.54) is 18.0 Å². The largest absolute Gasteiger partial charge is 0.479 e. The topological polar surface area (TPSA) is 77.2 Å². The number of rotatable bonds is 3. The van der Waals surface area contributed by atoms with Crippen molar-refractivity contribution in [3.8, 4) is 11.7 Å². The first kappa shape index (κ1) is 11.6. The van der Waals surface area contributed by atoms with Crippen LogP contribution in [0.3, 0.4) is 0 Å². The number of aromatic nitrogens is 3. The molecule has 0 bridgehead atoms. The number of carboxylic acids is 1. The monoisotopic (exact) mass is 297 g/mol. The predicted molar refractivity (Wildman–Crippen MR) is 62.6 cm³/mol. The maximum absolute atomic E-state index is 10.9. The molecule has 0 aliphatic rings. The van der Waals surface area contributed by atoms with Gasteiger partial charge < -0.3 is 9.84 Å². The minimum atomic E-state index is -1.09. The highest BCUT2D eigenvalue weighted by atomic mass is 79.9. The van der Waals surface area contributed by atoms with Crippen LogP contribution in [-0.4, -0.2) is 33.0 Å². The third kappa shape index (κ3) is 2.28. The van der Waals surface area contributed by atoms with Crippen LogP contribution in [0.1, 0.15) is 10.4 Å². The quantitative estimate of drug-likeness (QED) is 0.934. The summed E-state index contributed by atoms with van der Waals surface area (Å²) in [4.78, 5) is 15.0. The van der Waals surface area contributed by atoms with Crippen molar-refractivity contribution in [2.24, 2.45) is 0 Å². The highest BCUT2D eigenvalue weighted by molar-refractivity contribution is 9.10. The normalized spacial score (nSPS) is 10.2. The molecule has 0 atom stereocenters. The van der Waals surface area contributed by atoms with Gasteiger partial charge >= 0.3 is 5.97 Å². The van der Waals surface area contributed by atoms with Crippen LogP contribution in [0.4, 0.5) is 0 Å². The fourth-order valence-corrected chi connectivity index (χ4v) is 1.61. The standard InChI is InChI=1S/C10H8BrN3O3/c1-17-9-7(10(15)16)5-14(13-9)8-4-6(11)2-3-12-8/h2-5H,1H3,(H,15,16). The maximum Gasteiger partial charge on any atom is 0.342 e. The van der Waals surface area contributed by atoms with Crippen LogP contribution in [0, 0.1) is 0 Å². The van der Waals surface area contributed by atoms with Gasteiger partial charge in [-0.15, -0.1) is 5.10 Å². The summed E-state index contributed by atoms with van der Waals surface area (Å²) >= 11 is 3.30. The summed E-state index contributed by atoms with van der Waals surface area (Å²) in [5.41, 5.74) is -0.00530. The first-order valence-electron chi connectivity index (χ1n) is 4.60. The molecule has 17 heavy (non-hydrogen) atoms. The molecule has 88 valence electrons. The van der Waals surface area contributed by atoms with E-state index in [9.17, 15) is 4.79 Å². The number of methoxy groups -OCH3 is 1. The Morgan fingerprint density at radius 1 is 1.59 bits per heavy atom. The summed E-state index contributed by atoms with van der Waals surface area (Å²) in [6.07, 6.45) is 2.95. The molecule has 6 nitrogen and oxygen atoms in total. The second-order valence-electron chi connectivity index (χ2n) is 3.13. The zero-order valence-electron chi connectivity index (χ0n) is 8.79. The number of carbonyl (C=O) groups is 1. The molecule has 0 aliphatic heterocycles. The van der Waals surface area contributed by atoms with Crippen molar-refractivity contribution in [2.75, 3.05) is 7.11 Å². The Kier molecular flexibility index (Phi) is 3.10. The number of hydrogen-bond acceptors (Lipinski definition) is 4. The van der Waals surface area contributed by atoms with E-state index in [1.54, 1.807) is 18.3 Å². The van der Waals surface area contributed by atoms with E-state index >= 15 is 0 Å². The van der Waals surface area contributed by atoms with E-state index in [1.807, 2.05) is 0 Å². The molecular weight excluding hydrogens is 290 g/mol. The van der Waals surface area contributed by atoms with E-state index in [0.717, 1.165) is 4.47 Å². The predicted octanol–water partition coefficient (Wildman–Crippen LogP) is 1.74. The van der Waals surface area contributed by atoms with Crippen LogP contribution < -0.4 is 4.74 Å². The highest BCUT2D eigenvalue weighted by Crippen LogP contribution is 2.19. The summed E-state index contributed by atoms with van der Waals surface area (Å²) in [6, 6.07) is 3.49. The molecule has 0 unspecified atom stereocenters. The van der Waals surface area contributed by atoms with Crippen molar-refractivity contribution in [3.05, 3.63) is 34.6 Å². The minimum Gasteiger partial charge on any atom is -0.479 e. The van der Waals surface area contributed by atoms with Gasteiger partial charge in [0, 0.05) is 10.7 Å². The summed E-state index contributed by atoms with van der Waals surface area (Å²) in [6.45, 7) is 0. The number of ether oxygens (including phenoxy) is 1. The molecule has 0 radical (unpaired) electrons. The minimum absolute atomic E-state index is 0.00530. The van der Waals surface area contributed by atoms with Gasteiger partial charge in [-0.25, -0.2) is 14.5 Å². The molecule has 0 spiro atoms. The zero-order valence-corrected chi connectivity index (χ0v) is 10.4. The average molecular weight is 298 g/mol. The molecule has 7 heteroatoms. The molecule has 2 aromatic heterocycles. The molecular formula is C10H8BrN3O3. The van der Waals surface area contributed by atoms with Crippen LogP contribution in [0.5, 0.6) is 5.88 Å². The Morgan fingerprint density at radius 2 is 2.35 bits per heavy atom. The van der Waals surface area contributed by atoms with Gasteiger partial charge in [-0.05, 0) is 12.1 Å². The van der Waals surface area contributed by atoms with Crippen molar-refractivity contribution >= 4 is 21.9 Å². The Morgan fingerprint density at radius 3 is 2.88 bits per heavy atom. The highest BCUT2D eigenvalue weighted by Gasteiger charge is 2.17. The lowest BCUT2D eigenvalue weighted by molar-refractivity contribution is 0.0693. The second kappa shape index (κ2) is 4.54. The molecule has 2 aromatic rings. The molecule has 0 amide bonds. The van der Waals surface area contributed by atoms with E-state index in [0.29, 0.717) is 5.82 Å². The first-order chi connectivity index (χ1) is 8.11. The number of carboxylic acid groups (broad SMARTS) is 1. The number of hydrogen-bond donors (Lipinski definition) is 1. The van der Waals surface area contributed by atoms with Crippen LogP contribution in [0.15, 0.2) is 29.0 Å². The van der Waals surface area contributed by atoms with Crippen molar-refractivity contribution < 1.29 is 14.6 Å². The van der Waals surface area contributed by atoms with Crippen LogP contribution in [-0.2, 0) is 0 Å². The van der Waals surface area contributed by atoms with Crippen molar-refractivity contribution in [1.29, 1.82) is 0 Å². The van der Waals surface area contributed by atoms with Gasteiger partial charge in [-0.2, -0.15) is 0 Å². The Balaban J connectivity index is 2.50. The van der Waals surface area contributed by atoms with E-state index in [-0.39, 0.29) is 11.4 Å². The Labute approximate surface area is 105 Å². The fourth-order valence-electron chi connectivity index (χ4n) is 1.29. The second-order valence-corrected chi connectivity index (χ2v) is 4.05. The third-order valence-electron chi connectivity index (χ3n) is 2.05. The van der Waals surface area contributed by atoms with Gasteiger partial charge in [0.2, 0.25) is 5.88 Å². The van der Waals surface area contributed by atoms with Crippen molar-refractivity contribution in [3.63, 3.8) is 0 Å². The SMILES string of the molecule is COc1nn(-c2cc(Br)ccn2)cc1C(=O)O. The zero-order chi connectivity index (χ0) is 12.4. The summed E-state index contributed by atoms with van der Waals surface area (Å²) < 4.78 is 7.07. The lowest BCUT2D eigenvalue weighted by Crippen LogP contribution is -1.98. The van der Waals surface area contributed by atoms with Gasteiger partial charge in [0.25, 0.3) is 0 Å². The lowest BCUT2D eigenvalue weighted by Gasteiger charge is -1.99. The molecule has 0 saturated carbocycles. The maximum atomic E-state index is 10.9.